The van der Waals surface area contributed by atoms with Crippen LogP contribution in [0.15, 0.2) is 0 Å². The van der Waals surface area contributed by atoms with Gasteiger partial charge in [-0.15, -0.1) is 0 Å². The quantitative estimate of drug-likeness (QED) is 0.806. The van der Waals surface area contributed by atoms with Gasteiger partial charge in [0.1, 0.15) is 0 Å². The second-order valence-corrected chi connectivity index (χ2v) is 6.23. The van der Waals surface area contributed by atoms with Crippen molar-refractivity contribution in [3.05, 3.63) is 0 Å². The van der Waals surface area contributed by atoms with Crippen LogP contribution in [-0.2, 0) is 4.74 Å². The molecule has 0 aromatic rings. The fraction of sp³-hybridized carbons (Fsp3) is 1.00. The minimum absolute atomic E-state index is 0.401. The van der Waals surface area contributed by atoms with Crippen molar-refractivity contribution in [1.29, 1.82) is 0 Å². The van der Waals surface area contributed by atoms with Crippen LogP contribution in [0.5, 0.6) is 0 Å². The number of rotatable bonds is 3. The van der Waals surface area contributed by atoms with Gasteiger partial charge in [-0.1, -0.05) is 0 Å². The minimum Gasteiger partial charge on any atom is -0.375 e. The third-order valence-corrected chi connectivity index (χ3v) is 4.32. The summed E-state index contributed by atoms with van der Waals surface area (Å²) in [6, 6.07) is 1.28. The van der Waals surface area contributed by atoms with Gasteiger partial charge in [0, 0.05) is 38.3 Å². The molecule has 0 aliphatic carbocycles. The second-order valence-electron chi connectivity index (χ2n) is 6.23. The summed E-state index contributed by atoms with van der Waals surface area (Å²) in [4.78, 5) is 4.92. The van der Waals surface area contributed by atoms with Gasteiger partial charge in [0.15, 0.2) is 0 Å². The van der Waals surface area contributed by atoms with Gasteiger partial charge in [0.25, 0.3) is 0 Å². The van der Waals surface area contributed by atoms with Crippen LogP contribution < -0.4 is 5.32 Å². The predicted molar refractivity (Wildman–Crippen MR) is 74.9 cm³/mol. The summed E-state index contributed by atoms with van der Waals surface area (Å²) in [6.45, 7) is 9.03. The molecule has 2 aliphatic rings. The summed E-state index contributed by atoms with van der Waals surface area (Å²) >= 11 is 0. The number of nitrogens with one attached hydrogen (secondary N) is 1. The van der Waals surface area contributed by atoms with Crippen LogP contribution in [0, 0.1) is 0 Å². The first-order valence-electron chi connectivity index (χ1n) is 7.32. The third-order valence-electron chi connectivity index (χ3n) is 4.32. The highest BCUT2D eigenvalue weighted by Crippen LogP contribution is 2.19. The first-order chi connectivity index (χ1) is 8.54. The fourth-order valence-corrected chi connectivity index (χ4v) is 3.20. The molecule has 2 saturated heterocycles. The van der Waals surface area contributed by atoms with Crippen molar-refractivity contribution in [2.24, 2.45) is 0 Å². The van der Waals surface area contributed by atoms with Gasteiger partial charge in [-0.25, -0.2) is 0 Å². The van der Waals surface area contributed by atoms with Crippen molar-refractivity contribution < 1.29 is 4.74 Å². The van der Waals surface area contributed by atoms with E-state index in [9.17, 15) is 0 Å². The van der Waals surface area contributed by atoms with E-state index in [4.69, 9.17) is 4.74 Å². The number of likely N-dealkylation sites (N-methyl/N-ethyl adjacent to an activating group) is 2. The number of ether oxygens (including phenoxy) is 1. The highest BCUT2D eigenvalue weighted by molar-refractivity contribution is 4.84. The van der Waals surface area contributed by atoms with Crippen molar-refractivity contribution in [3.8, 4) is 0 Å². The Balaban J connectivity index is 1.76. The van der Waals surface area contributed by atoms with Gasteiger partial charge in [-0.3, -0.25) is 4.90 Å². The lowest BCUT2D eigenvalue weighted by molar-refractivity contribution is -0.0431. The van der Waals surface area contributed by atoms with Crippen LogP contribution in [0.4, 0.5) is 0 Å². The Morgan fingerprint density at radius 1 is 1.11 bits per heavy atom. The van der Waals surface area contributed by atoms with Gasteiger partial charge in [0.05, 0.1) is 12.2 Å². The zero-order chi connectivity index (χ0) is 13.1. The molecule has 0 aromatic carbocycles. The first kappa shape index (κ1) is 14.3. The molecule has 0 bridgehead atoms. The average molecular weight is 255 g/mol. The molecule has 2 aliphatic heterocycles. The number of nitrogens with zero attached hydrogens (tertiary/aromatic N) is 2. The van der Waals surface area contributed by atoms with E-state index < -0.39 is 0 Å². The summed E-state index contributed by atoms with van der Waals surface area (Å²) < 4.78 is 5.79. The monoisotopic (exact) mass is 255 g/mol. The van der Waals surface area contributed by atoms with E-state index in [1.54, 1.807) is 0 Å². The Kier molecular flexibility index (Phi) is 5.01. The maximum Gasteiger partial charge on any atom is 0.0565 e. The van der Waals surface area contributed by atoms with Gasteiger partial charge >= 0.3 is 0 Å². The summed E-state index contributed by atoms with van der Waals surface area (Å²) in [5, 5.41) is 3.75. The van der Waals surface area contributed by atoms with Crippen molar-refractivity contribution in [2.45, 2.75) is 51.0 Å². The van der Waals surface area contributed by atoms with Gasteiger partial charge < -0.3 is 15.0 Å². The van der Waals surface area contributed by atoms with Crippen LogP contribution in [0.3, 0.4) is 0 Å². The topological polar surface area (TPSA) is 27.7 Å². The number of hydrogen-bond acceptors (Lipinski definition) is 4. The van der Waals surface area contributed by atoms with E-state index in [-0.39, 0.29) is 0 Å². The SMILES string of the molecule is CC1CC(NCC2CN(C)CCN2C)CC(C)O1. The van der Waals surface area contributed by atoms with Crippen LogP contribution in [0.2, 0.25) is 0 Å². The molecule has 0 aromatic heterocycles. The van der Waals surface area contributed by atoms with Gasteiger partial charge in [0.2, 0.25) is 0 Å². The Morgan fingerprint density at radius 2 is 1.78 bits per heavy atom. The summed E-state index contributed by atoms with van der Waals surface area (Å²) in [6.07, 6.45) is 3.10. The molecule has 106 valence electrons. The van der Waals surface area contributed by atoms with Crippen LogP contribution >= 0.6 is 0 Å². The highest BCUT2D eigenvalue weighted by atomic mass is 16.5. The third kappa shape index (κ3) is 3.92. The van der Waals surface area contributed by atoms with Crippen molar-refractivity contribution in [2.75, 3.05) is 40.3 Å². The lowest BCUT2D eigenvalue weighted by atomic mass is 9.99. The molecule has 1 N–H and O–H groups in total. The van der Waals surface area contributed by atoms with Crippen LogP contribution in [0.25, 0.3) is 0 Å². The van der Waals surface area contributed by atoms with E-state index in [1.807, 2.05) is 0 Å². The predicted octanol–water partition coefficient (Wildman–Crippen LogP) is 0.778. The first-order valence-corrected chi connectivity index (χ1v) is 7.32. The zero-order valence-corrected chi connectivity index (χ0v) is 12.4. The Hall–Kier alpha value is -0.160. The van der Waals surface area contributed by atoms with E-state index in [1.165, 1.54) is 19.6 Å². The zero-order valence-electron chi connectivity index (χ0n) is 12.4. The van der Waals surface area contributed by atoms with Crippen LogP contribution in [-0.4, -0.2) is 74.4 Å². The maximum atomic E-state index is 5.79. The average Bonchev–Trinajstić information content (AvgIpc) is 2.29. The lowest BCUT2D eigenvalue weighted by Gasteiger charge is -2.39. The molecule has 0 radical (unpaired) electrons. The van der Waals surface area contributed by atoms with E-state index in [0.29, 0.717) is 24.3 Å². The van der Waals surface area contributed by atoms with Crippen LogP contribution in [0.1, 0.15) is 26.7 Å². The Bertz CT molecular complexity index is 251. The molecule has 18 heavy (non-hydrogen) atoms. The molecule has 2 heterocycles. The van der Waals surface area contributed by atoms with Gasteiger partial charge in [-0.2, -0.15) is 0 Å². The molecule has 0 saturated carbocycles. The molecule has 3 atom stereocenters. The fourth-order valence-electron chi connectivity index (χ4n) is 3.20. The molecule has 0 amide bonds. The second kappa shape index (κ2) is 6.33. The summed E-state index contributed by atoms with van der Waals surface area (Å²) in [5.41, 5.74) is 0. The summed E-state index contributed by atoms with van der Waals surface area (Å²) in [5.74, 6) is 0. The largest absolute Gasteiger partial charge is 0.375 e. The number of piperazine rings is 1. The van der Waals surface area contributed by atoms with E-state index >= 15 is 0 Å². The Labute approximate surface area is 112 Å². The number of hydrogen-bond donors (Lipinski definition) is 1. The molecule has 3 unspecified atom stereocenters. The lowest BCUT2D eigenvalue weighted by Crippen LogP contribution is -2.55. The van der Waals surface area contributed by atoms with E-state index in [2.05, 4.69) is 43.1 Å². The van der Waals surface area contributed by atoms with Crippen molar-refractivity contribution in [1.82, 2.24) is 15.1 Å². The van der Waals surface area contributed by atoms with Gasteiger partial charge in [-0.05, 0) is 40.8 Å². The standard InChI is InChI=1S/C14H29N3O/c1-11-7-13(8-12(2)18-11)15-9-14-10-16(3)5-6-17(14)4/h11-15H,5-10H2,1-4H3. The summed E-state index contributed by atoms with van der Waals surface area (Å²) in [7, 11) is 4.47. The molecule has 4 heteroatoms. The molecular weight excluding hydrogens is 226 g/mol. The molecule has 2 rings (SSSR count). The molecular formula is C14H29N3O. The van der Waals surface area contributed by atoms with Crippen molar-refractivity contribution >= 4 is 0 Å². The normalized spacial score (nSPS) is 40.0. The Morgan fingerprint density at radius 3 is 2.44 bits per heavy atom. The smallest absolute Gasteiger partial charge is 0.0565 e. The van der Waals surface area contributed by atoms with E-state index in [0.717, 1.165) is 19.4 Å². The molecule has 4 nitrogen and oxygen atoms in total. The van der Waals surface area contributed by atoms with Crippen molar-refractivity contribution in [3.63, 3.8) is 0 Å². The molecule has 0 spiro atoms. The molecule has 2 fully saturated rings. The highest BCUT2D eigenvalue weighted by Gasteiger charge is 2.26. The maximum absolute atomic E-state index is 5.79. The minimum atomic E-state index is 0.401.